The number of pyridine rings is 1. The molecule has 3 atom stereocenters. The monoisotopic (exact) mass is 527 g/mol. The molecule has 1 aliphatic heterocycles. The maximum atomic E-state index is 13.5. The van der Waals surface area contributed by atoms with Gasteiger partial charge in [0.1, 0.15) is 18.0 Å². The summed E-state index contributed by atoms with van der Waals surface area (Å²) in [6.07, 6.45) is 6.15. The number of hydrogen-bond donors (Lipinski definition) is 3. The molecule has 1 saturated heterocycles. The van der Waals surface area contributed by atoms with Crippen LogP contribution in [0.5, 0.6) is 0 Å². The molecule has 1 aromatic carbocycles. The first-order valence-corrected chi connectivity index (χ1v) is 13.1. The first-order valence-electron chi connectivity index (χ1n) is 13.1. The average molecular weight is 528 g/mol. The third-order valence-electron chi connectivity index (χ3n) is 7.10. The van der Waals surface area contributed by atoms with Crippen LogP contribution in [0.25, 0.3) is 11.1 Å². The smallest absolute Gasteiger partial charge is 0.249 e. The van der Waals surface area contributed by atoms with Gasteiger partial charge in [-0.25, -0.2) is 9.37 Å². The van der Waals surface area contributed by atoms with Gasteiger partial charge in [0.15, 0.2) is 5.82 Å². The lowest BCUT2D eigenvalue weighted by atomic mass is 9.96. The Hall–Kier alpha value is -4.36. The van der Waals surface area contributed by atoms with Crippen LogP contribution in [0.15, 0.2) is 60.8 Å². The van der Waals surface area contributed by atoms with Crippen LogP contribution in [0, 0.1) is 11.3 Å². The quantitative estimate of drug-likeness (QED) is 0.351. The van der Waals surface area contributed by atoms with Gasteiger partial charge < -0.3 is 10.6 Å². The Labute approximate surface area is 226 Å². The Morgan fingerprint density at radius 3 is 2.79 bits per heavy atom. The topological polar surface area (TPSA) is 127 Å². The van der Waals surface area contributed by atoms with Crippen molar-refractivity contribution in [2.75, 3.05) is 23.7 Å². The Bertz CT molecular complexity index is 1410. The molecule has 2 amide bonds. The van der Waals surface area contributed by atoms with Gasteiger partial charge in [0.2, 0.25) is 11.8 Å². The van der Waals surface area contributed by atoms with E-state index < -0.39 is 12.2 Å². The van der Waals surface area contributed by atoms with Crippen LogP contribution >= 0.6 is 0 Å². The van der Waals surface area contributed by atoms with E-state index in [2.05, 4.69) is 31.9 Å². The Morgan fingerprint density at radius 2 is 2.05 bits per heavy atom. The van der Waals surface area contributed by atoms with E-state index in [1.807, 2.05) is 43.3 Å². The summed E-state index contributed by atoms with van der Waals surface area (Å²) in [7, 11) is 0. The van der Waals surface area contributed by atoms with Crippen molar-refractivity contribution in [2.45, 2.75) is 50.2 Å². The van der Waals surface area contributed by atoms with Gasteiger partial charge in [0.05, 0.1) is 12.0 Å². The van der Waals surface area contributed by atoms with Crippen LogP contribution in [0.3, 0.4) is 0 Å². The fourth-order valence-corrected chi connectivity index (χ4v) is 4.66. The first kappa shape index (κ1) is 26.3. The molecule has 10 heteroatoms. The molecule has 3 heterocycles. The summed E-state index contributed by atoms with van der Waals surface area (Å²) in [5.41, 5.74) is 3.67. The molecule has 1 aliphatic carbocycles. The maximum Gasteiger partial charge on any atom is 0.249 e. The number of benzene rings is 1. The molecule has 0 radical (unpaired) electrons. The molecular weight excluding hydrogens is 497 g/mol. The molecule has 1 saturated carbocycles. The summed E-state index contributed by atoms with van der Waals surface area (Å²) in [5.74, 6) is 0.584. The number of rotatable bonds is 9. The Kier molecular flexibility index (Phi) is 7.79. The van der Waals surface area contributed by atoms with E-state index in [1.165, 1.54) is 6.08 Å². The summed E-state index contributed by atoms with van der Waals surface area (Å²) in [5, 5.41) is 21.9. The van der Waals surface area contributed by atoms with Crippen molar-refractivity contribution in [1.82, 2.24) is 20.1 Å². The van der Waals surface area contributed by atoms with Gasteiger partial charge in [0, 0.05) is 55.0 Å². The zero-order chi connectivity index (χ0) is 27.4. The number of H-pyrrole nitrogens is 1. The molecule has 2 fully saturated rings. The van der Waals surface area contributed by atoms with Crippen molar-refractivity contribution >= 4 is 23.5 Å². The number of nitrogens with zero attached hydrogens (tertiary/aromatic N) is 4. The van der Waals surface area contributed by atoms with Crippen molar-refractivity contribution < 1.29 is 14.0 Å². The molecule has 2 aromatic heterocycles. The number of aromatic nitrogens is 3. The third-order valence-corrected chi connectivity index (χ3v) is 7.10. The lowest BCUT2D eigenvalue weighted by molar-refractivity contribution is -0.117. The number of carbonyl (C=O) groups excluding carboxylic acids is 2. The molecular formula is C29H30FN7O2. The molecule has 0 bridgehead atoms. The zero-order valence-corrected chi connectivity index (χ0v) is 21.6. The van der Waals surface area contributed by atoms with Gasteiger partial charge in [0.25, 0.3) is 0 Å². The first-order chi connectivity index (χ1) is 18.9. The number of amides is 2. The summed E-state index contributed by atoms with van der Waals surface area (Å²) in [6, 6.07) is 14.8. The normalized spacial score (nSPS) is 20.0. The van der Waals surface area contributed by atoms with Gasteiger partial charge in [-0.05, 0) is 43.0 Å². The molecule has 3 N–H and O–H groups in total. The van der Waals surface area contributed by atoms with Gasteiger partial charge >= 0.3 is 0 Å². The number of hydrogen-bond acceptors (Lipinski definition) is 6. The number of nitrogens with one attached hydrogen (secondary N) is 3. The van der Waals surface area contributed by atoms with Crippen molar-refractivity contribution in [1.29, 1.82) is 5.26 Å². The number of nitriles is 1. The highest BCUT2D eigenvalue weighted by molar-refractivity contribution is 5.98. The summed E-state index contributed by atoms with van der Waals surface area (Å²) in [4.78, 5) is 31.2. The van der Waals surface area contributed by atoms with Crippen molar-refractivity contribution in [3.05, 3.63) is 72.1 Å². The van der Waals surface area contributed by atoms with Gasteiger partial charge in [-0.2, -0.15) is 10.4 Å². The highest BCUT2D eigenvalue weighted by Crippen LogP contribution is 2.39. The van der Waals surface area contributed by atoms with E-state index >= 15 is 0 Å². The maximum absolute atomic E-state index is 13.5. The van der Waals surface area contributed by atoms with E-state index in [1.54, 1.807) is 23.2 Å². The molecule has 39 heavy (non-hydrogen) atoms. The van der Waals surface area contributed by atoms with Crippen molar-refractivity contribution in [3.63, 3.8) is 0 Å². The predicted molar refractivity (Wildman–Crippen MR) is 146 cm³/mol. The van der Waals surface area contributed by atoms with Crippen LogP contribution in [0.2, 0.25) is 0 Å². The van der Waals surface area contributed by atoms with E-state index in [0.29, 0.717) is 24.1 Å². The minimum absolute atomic E-state index is 0.136. The number of likely N-dealkylation sites (tertiary alicyclic amines) is 1. The summed E-state index contributed by atoms with van der Waals surface area (Å²) >= 11 is 0. The van der Waals surface area contributed by atoms with Crippen LogP contribution in [0.1, 0.15) is 49.3 Å². The number of anilines is 2. The molecule has 0 spiro atoms. The third kappa shape index (κ3) is 6.56. The number of halogens is 1. The second-order valence-corrected chi connectivity index (χ2v) is 10.1. The van der Waals surface area contributed by atoms with Crippen LogP contribution in [0.4, 0.5) is 16.0 Å². The molecule has 9 nitrogen and oxygen atoms in total. The van der Waals surface area contributed by atoms with E-state index in [0.717, 1.165) is 35.2 Å². The van der Waals surface area contributed by atoms with E-state index in [-0.39, 0.29) is 30.7 Å². The standard InChI is InChI=1S/C29H30FN7O2/c1-18(29(39)34-27-14-25(35-36-27)19-7-8-19)20-4-2-5-21(12-20)22-9-10-26(32-16-22)33-28(38)6-3-11-37-17-23(30)13-24(37)15-31/h2-6,9-10,12,14,16,18-19,23-24H,7-8,11,13,17H2,1H3,(H,32,33,38)(H2,34,35,36,39)/b6-3+/t18-,23-,24-/m0/s1. The molecule has 5 rings (SSSR count). The van der Waals surface area contributed by atoms with Crippen LogP contribution in [-0.4, -0.2) is 57.2 Å². The summed E-state index contributed by atoms with van der Waals surface area (Å²) in [6.45, 7) is 2.38. The van der Waals surface area contributed by atoms with E-state index in [4.69, 9.17) is 5.26 Å². The Morgan fingerprint density at radius 1 is 1.21 bits per heavy atom. The largest absolute Gasteiger partial charge is 0.309 e. The summed E-state index contributed by atoms with van der Waals surface area (Å²) < 4.78 is 13.5. The van der Waals surface area contributed by atoms with Gasteiger partial charge in [-0.3, -0.25) is 19.6 Å². The second kappa shape index (κ2) is 11.6. The lowest BCUT2D eigenvalue weighted by Gasteiger charge is -2.15. The fraction of sp³-hybridized carbons (Fsp3) is 0.345. The van der Waals surface area contributed by atoms with Crippen LogP contribution < -0.4 is 10.6 Å². The highest BCUT2D eigenvalue weighted by atomic mass is 19.1. The molecule has 0 unspecified atom stereocenters. The highest BCUT2D eigenvalue weighted by Gasteiger charge is 2.31. The minimum atomic E-state index is -1.01. The lowest BCUT2D eigenvalue weighted by Crippen LogP contribution is -2.28. The zero-order valence-electron chi connectivity index (χ0n) is 21.6. The minimum Gasteiger partial charge on any atom is -0.309 e. The fourth-order valence-electron chi connectivity index (χ4n) is 4.66. The number of carbonyl (C=O) groups is 2. The molecule has 2 aliphatic rings. The Balaban J connectivity index is 1.16. The predicted octanol–water partition coefficient (Wildman–Crippen LogP) is 4.52. The number of aromatic amines is 1. The van der Waals surface area contributed by atoms with Gasteiger partial charge in [-0.1, -0.05) is 30.3 Å². The van der Waals surface area contributed by atoms with Crippen LogP contribution in [-0.2, 0) is 9.59 Å². The van der Waals surface area contributed by atoms with Crippen molar-refractivity contribution in [2.24, 2.45) is 0 Å². The van der Waals surface area contributed by atoms with E-state index in [9.17, 15) is 14.0 Å². The average Bonchev–Trinajstić information content (AvgIpc) is 3.58. The number of alkyl halides is 1. The van der Waals surface area contributed by atoms with Gasteiger partial charge in [-0.15, -0.1) is 0 Å². The molecule has 3 aromatic rings. The second-order valence-electron chi connectivity index (χ2n) is 10.1. The van der Waals surface area contributed by atoms with Crippen molar-refractivity contribution in [3.8, 4) is 17.2 Å². The SMILES string of the molecule is C[C@H](C(=O)Nc1cc(C2CC2)[nH]n1)c1cccc(-c2ccc(NC(=O)/C=C/CN3C[C@@H](F)C[C@H]3C#N)nc2)c1. The molecule has 200 valence electrons.